The molecule has 3 aromatic rings. The van der Waals surface area contributed by atoms with Crippen LogP contribution in [0.15, 0.2) is 30.7 Å². The zero-order valence-electron chi connectivity index (χ0n) is 16.4. The van der Waals surface area contributed by atoms with E-state index in [0.717, 1.165) is 47.4 Å². The van der Waals surface area contributed by atoms with Crippen molar-refractivity contribution in [2.75, 3.05) is 37.7 Å². The Labute approximate surface area is 173 Å². The second-order valence-electron chi connectivity index (χ2n) is 7.38. The molecule has 3 aromatic heterocycles. The molecule has 4 heterocycles. The molecule has 0 aliphatic carbocycles. The Hall–Kier alpha value is -2.78. The summed E-state index contributed by atoms with van der Waals surface area (Å²) < 4.78 is 1.06. The fourth-order valence-electron chi connectivity index (χ4n) is 3.52. The standard InChI is InChI=1S/C20H25N7OS/c1-27-8-3-13(4-9-27)11-25-19-17(22-6-7-24-19)20(28)26-12-14-10-15-16(29-14)2-5-23-18(15)21/h2,5-7,10,13H,3-4,8-9,11-12H2,1H3,(H2,21,23)(H,24,25)(H,26,28). The molecule has 0 atom stereocenters. The number of nitrogens with one attached hydrogen (secondary N) is 2. The Bertz CT molecular complexity index is 997. The van der Waals surface area contributed by atoms with Crippen LogP contribution in [0.3, 0.4) is 0 Å². The molecule has 1 saturated heterocycles. The third-order valence-corrected chi connectivity index (χ3v) is 6.36. The van der Waals surface area contributed by atoms with Gasteiger partial charge in [0, 0.05) is 40.1 Å². The van der Waals surface area contributed by atoms with Crippen LogP contribution in [-0.4, -0.2) is 52.4 Å². The van der Waals surface area contributed by atoms with Crippen LogP contribution in [0, 0.1) is 5.92 Å². The maximum Gasteiger partial charge on any atom is 0.274 e. The molecule has 29 heavy (non-hydrogen) atoms. The molecule has 0 saturated carbocycles. The molecule has 0 bridgehead atoms. The van der Waals surface area contributed by atoms with Crippen LogP contribution in [0.5, 0.6) is 0 Å². The van der Waals surface area contributed by atoms with E-state index in [2.05, 4.69) is 37.5 Å². The molecular weight excluding hydrogens is 386 g/mol. The zero-order chi connectivity index (χ0) is 20.2. The Morgan fingerprint density at radius 2 is 2.03 bits per heavy atom. The third-order valence-electron chi connectivity index (χ3n) is 5.26. The van der Waals surface area contributed by atoms with Crippen molar-refractivity contribution < 1.29 is 4.79 Å². The molecule has 152 valence electrons. The molecular formula is C20H25N7OS. The summed E-state index contributed by atoms with van der Waals surface area (Å²) in [7, 11) is 2.15. The first kappa shape index (κ1) is 19.5. The van der Waals surface area contributed by atoms with E-state index < -0.39 is 0 Å². The van der Waals surface area contributed by atoms with Gasteiger partial charge in [0.05, 0.1) is 6.54 Å². The average molecular weight is 412 g/mol. The van der Waals surface area contributed by atoms with Crippen LogP contribution >= 0.6 is 11.3 Å². The van der Waals surface area contributed by atoms with E-state index in [1.807, 2.05) is 12.1 Å². The van der Waals surface area contributed by atoms with Gasteiger partial charge in [0.15, 0.2) is 11.5 Å². The number of hydrogen-bond acceptors (Lipinski definition) is 8. The topological polar surface area (TPSA) is 109 Å². The van der Waals surface area contributed by atoms with Gasteiger partial charge in [0.1, 0.15) is 5.82 Å². The number of carbonyl (C=O) groups is 1. The highest BCUT2D eigenvalue weighted by Crippen LogP contribution is 2.28. The lowest BCUT2D eigenvalue weighted by atomic mass is 9.97. The predicted molar refractivity (Wildman–Crippen MR) is 116 cm³/mol. The van der Waals surface area contributed by atoms with E-state index in [1.165, 1.54) is 0 Å². The number of aromatic nitrogens is 3. The number of likely N-dealkylation sites (tertiary alicyclic amines) is 1. The average Bonchev–Trinajstić information content (AvgIpc) is 3.16. The largest absolute Gasteiger partial charge is 0.383 e. The van der Waals surface area contributed by atoms with Crippen molar-refractivity contribution >= 4 is 39.0 Å². The first-order valence-corrected chi connectivity index (χ1v) is 10.6. The molecule has 1 amide bonds. The number of nitrogens with two attached hydrogens (primary N) is 1. The molecule has 9 heteroatoms. The van der Waals surface area contributed by atoms with Crippen LogP contribution in [-0.2, 0) is 6.54 Å². The second-order valence-corrected chi connectivity index (χ2v) is 8.55. The van der Waals surface area contributed by atoms with Crippen LogP contribution in [0.1, 0.15) is 28.2 Å². The van der Waals surface area contributed by atoms with Crippen LogP contribution in [0.2, 0.25) is 0 Å². The summed E-state index contributed by atoms with van der Waals surface area (Å²) in [4.78, 5) is 28.8. The lowest BCUT2D eigenvalue weighted by Gasteiger charge is -2.29. The van der Waals surface area contributed by atoms with Crippen molar-refractivity contribution in [2.24, 2.45) is 5.92 Å². The Balaban J connectivity index is 1.38. The summed E-state index contributed by atoms with van der Waals surface area (Å²) >= 11 is 1.59. The molecule has 1 fully saturated rings. The summed E-state index contributed by atoms with van der Waals surface area (Å²) in [6.45, 7) is 3.42. The summed E-state index contributed by atoms with van der Waals surface area (Å²) in [5.41, 5.74) is 6.24. The Morgan fingerprint density at radius 3 is 2.83 bits per heavy atom. The number of hydrogen-bond donors (Lipinski definition) is 3. The minimum absolute atomic E-state index is 0.243. The van der Waals surface area contributed by atoms with Crippen molar-refractivity contribution in [3.63, 3.8) is 0 Å². The third kappa shape index (κ3) is 4.63. The zero-order valence-corrected chi connectivity index (χ0v) is 17.2. The van der Waals surface area contributed by atoms with Gasteiger partial charge in [-0.25, -0.2) is 15.0 Å². The van der Waals surface area contributed by atoms with Crippen LogP contribution in [0.4, 0.5) is 11.6 Å². The quantitative estimate of drug-likeness (QED) is 0.571. The number of carbonyl (C=O) groups excluding carboxylic acids is 1. The molecule has 1 aliphatic heterocycles. The van der Waals surface area contributed by atoms with E-state index in [-0.39, 0.29) is 5.91 Å². The van der Waals surface area contributed by atoms with Crippen molar-refractivity contribution in [1.82, 2.24) is 25.2 Å². The van der Waals surface area contributed by atoms with E-state index in [4.69, 9.17) is 5.73 Å². The molecule has 8 nitrogen and oxygen atoms in total. The smallest absolute Gasteiger partial charge is 0.274 e. The maximum absolute atomic E-state index is 12.7. The lowest BCUT2D eigenvalue weighted by molar-refractivity contribution is 0.0947. The highest BCUT2D eigenvalue weighted by Gasteiger charge is 2.19. The highest BCUT2D eigenvalue weighted by atomic mass is 32.1. The number of fused-ring (bicyclic) bond motifs is 1. The lowest BCUT2D eigenvalue weighted by Crippen LogP contribution is -2.33. The molecule has 0 unspecified atom stereocenters. The number of anilines is 2. The summed E-state index contributed by atoms with van der Waals surface area (Å²) in [5.74, 6) is 1.38. The van der Waals surface area contributed by atoms with Gasteiger partial charge in [-0.05, 0) is 51.0 Å². The maximum atomic E-state index is 12.7. The second kappa shape index (κ2) is 8.71. The molecule has 1 aliphatic rings. The van der Waals surface area contributed by atoms with Crippen molar-refractivity contribution in [1.29, 1.82) is 0 Å². The Morgan fingerprint density at radius 1 is 1.24 bits per heavy atom. The fraction of sp³-hybridized carbons (Fsp3) is 0.400. The van der Waals surface area contributed by atoms with E-state index >= 15 is 0 Å². The Kier molecular flexibility index (Phi) is 5.86. The predicted octanol–water partition coefficient (Wildman–Crippen LogP) is 2.35. The number of pyridine rings is 1. The highest BCUT2D eigenvalue weighted by molar-refractivity contribution is 7.19. The number of nitrogens with zero attached hydrogens (tertiary/aromatic N) is 4. The summed E-state index contributed by atoms with van der Waals surface area (Å²) in [5, 5.41) is 7.19. The van der Waals surface area contributed by atoms with Gasteiger partial charge in [-0.2, -0.15) is 0 Å². The van der Waals surface area contributed by atoms with Gasteiger partial charge < -0.3 is 21.3 Å². The van der Waals surface area contributed by atoms with Gasteiger partial charge in [-0.1, -0.05) is 0 Å². The van der Waals surface area contributed by atoms with Gasteiger partial charge in [-0.15, -0.1) is 11.3 Å². The van der Waals surface area contributed by atoms with Crippen molar-refractivity contribution in [2.45, 2.75) is 19.4 Å². The molecule has 4 rings (SSSR count). The van der Waals surface area contributed by atoms with Crippen molar-refractivity contribution in [3.05, 3.63) is 41.3 Å². The summed E-state index contributed by atoms with van der Waals surface area (Å²) in [6.07, 6.45) is 7.14. The number of nitrogen functional groups attached to an aromatic ring is 1. The molecule has 0 aromatic carbocycles. The first-order valence-electron chi connectivity index (χ1n) is 9.74. The monoisotopic (exact) mass is 411 g/mol. The van der Waals surface area contributed by atoms with Gasteiger partial charge in [-0.3, -0.25) is 4.79 Å². The molecule has 0 radical (unpaired) electrons. The van der Waals surface area contributed by atoms with Crippen LogP contribution in [0.25, 0.3) is 10.1 Å². The van der Waals surface area contributed by atoms with E-state index in [0.29, 0.717) is 29.8 Å². The minimum atomic E-state index is -0.243. The van der Waals surface area contributed by atoms with Gasteiger partial charge in [0.2, 0.25) is 0 Å². The number of amides is 1. The molecule has 4 N–H and O–H groups in total. The SMILES string of the molecule is CN1CCC(CNc2nccnc2C(=O)NCc2cc3c(N)nccc3s2)CC1. The number of thiophene rings is 1. The van der Waals surface area contributed by atoms with Crippen LogP contribution < -0.4 is 16.4 Å². The van der Waals surface area contributed by atoms with Gasteiger partial charge >= 0.3 is 0 Å². The number of piperidine rings is 1. The minimum Gasteiger partial charge on any atom is -0.383 e. The number of rotatable bonds is 6. The summed E-state index contributed by atoms with van der Waals surface area (Å²) in [6, 6.07) is 3.90. The van der Waals surface area contributed by atoms with E-state index in [9.17, 15) is 4.79 Å². The fourth-order valence-corrected chi connectivity index (χ4v) is 4.52. The van der Waals surface area contributed by atoms with E-state index in [1.54, 1.807) is 29.9 Å². The molecule has 0 spiro atoms. The normalized spacial score (nSPS) is 15.5. The van der Waals surface area contributed by atoms with Gasteiger partial charge in [0.25, 0.3) is 5.91 Å². The first-order chi connectivity index (χ1) is 14.1. The van der Waals surface area contributed by atoms with Crippen molar-refractivity contribution in [3.8, 4) is 0 Å².